The highest BCUT2D eigenvalue weighted by atomic mass is 32.2. The first-order chi connectivity index (χ1) is 10.3. The summed E-state index contributed by atoms with van der Waals surface area (Å²) in [6.07, 6.45) is 22.5. The standard InChI is InChI=1S/C18H36O2S/c1-2-3-4-5-6-7-8-9-10-11-12-13-14-15-16-17-18-21(19)20/h9-10H,2-8,11-18H2,1H3,(H,19,20)/b10-9-. The van der Waals surface area contributed by atoms with Crippen molar-refractivity contribution in [3.05, 3.63) is 12.2 Å². The monoisotopic (exact) mass is 316 g/mol. The van der Waals surface area contributed by atoms with Gasteiger partial charge < -0.3 is 4.55 Å². The molecule has 1 unspecified atom stereocenters. The first-order valence-corrected chi connectivity index (χ1v) is 10.3. The van der Waals surface area contributed by atoms with Crippen molar-refractivity contribution in [3.8, 4) is 0 Å². The molecule has 0 aliphatic heterocycles. The molecule has 0 rings (SSSR count). The Morgan fingerprint density at radius 2 is 1.14 bits per heavy atom. The van der Waals surface area contributed by atoms with Crippen LogP contribution < -0.4 is 0 Å². The Balaban J connectivity index is 3.07. The van der Waals surface area contributed by atoms with Crippen molar-refractivity contribution in [2.45, 2.75) is 96.8 Å². The first kappa shape index (κ1) is 20.9. The smallest absolute Gasteiger partial charge is 0.152 e. The Bertz CT molecular complexity index is 252. The lowest BCUT2D eigenvalue weighted by Crippen LogP contribution is -1.94. The molecule has 0 aromatic heterocycles. The molecular weight excluding hydrogens is 280 g/mol. The normalized spacial score (nSPS) is 13.0. The van der Waals surface area contributed by atoms with E-state index in [0.29, 0.717) is 5.75 Å². The number of hydrogen-bond donors (Lipinski definition) is 1. The summed E-state index contributed by atoms with van der Waals surface area (Å²) in [5.74, 6) is 0.446. The third-order valence-corrected chi connectivity index (χ3v) is 4.47. The fraction of sp³-hybridized carbons (Fsp3) is 0.889. The topological polar surface area (TPSA) is 37.3 Å². The highest BCUT2D eigenvalue weighted by Crippen LogP contribution is 2.09. The molecule has 0 amide bonds. The molecule has 3 heteroatoms. The lowest BCUT2D eigenvalue weighted by atomic mass is 10.1. The van der Waals surface area contributed by atoms with Gasteiger partial charge in [0.15, 0.2) is 11.1 Å². The first-order valence-electron chi connectivity index (χ1n) is 8.99. The van der Waals surface area contributed by atoms with E-state index in [-0.39, 0.29) is 0 Å². The van der Waals surface area contributed by atoms with Crippen molar-refractivity contribution in [2.75, 3.05) is 5.75 Å². The molecular formula is C18H36O2S. The quantitative estimate of drug-likeness (QED) is 0.208. The summed E-state index contributed by atoms with van der Waals surface area (Å²) in [7, 11) is 0. The molecule has 0 aliphatic carbocycles. The summed E-state index contributed by atoms with van der Waals surface area (Å²) in [5.41, 5.74) is 0. The lowest BCUT2D eigenvalue weighted by Gasteiger charge is -2.00. The fourth-order valence-corrected chi connectivity index (χ4v) is 2.92. The van der Waals surface area contributed by atoms with Crippen molar-refractivity contribution in [1.82, 2.24) is 0 Å². The maximum absolute atomic E-state index is 10.5. The molecule has 0 heterocycles. The van der Waals surface area contributed by atoms with Gasteiger partial charge in [0.2, 0.25) is 0 Å². The Morgan fingerprint density at radius 3 is 1.62 bits per heavy atom. The van der Waals surface area contributed by atoms with E-state index in [1.165, 1.54) is 77.0 Å². The molecule has 1 N–H and O–H groups in total. The number of allylic oxidation sites excluding steroid dienone is 2. The van der Waals surface area contributed by atoms with E-state index in [1.807, 2.05) is 0 Å². The second kappa shape index (κ2) is 17.9. The zero-order chi connectivity index (χ0) is 15.6. The minimum atomic E-state index is -1.59. The molecule has 0 aromatic rings. The Morgan fingerprint density at radius 1 is 0.714 bits per heavy atom. The van der Waals surface area contributed by atoms with Crippen LogP contribution in [0.1, 0.15) is 96.8 Å². The van der Waals surface area contributed by atoms with Crippen LogP contribution in [-0.4, -0.2) is 14.5 Å². The predicted octanol–water partition coefficient (Wildman–Crippen LogP) is 6.25. The molecule has 0 spiro atoms. The van der Waals surface area contributed by atoms with E-state index in [0.717, 1.165) is 12.8 Å². The van der Waals surface area contributed by atoms with Gasteiger partial charge in [-0.2, -0.15) is 0 Å². The van der Waals surface area contributed by atoms with E-state index in [2.05, 4.69) is 19.1 Å². The van der Waals surface area contributed by atoms with Gasteiger partial charge in [0.25, 0.3) is 0 Å². The van der Waals surface area contributed by atoms with E-state index < -0.39 is 11.1 Å². The van der Waals surface area contributed by atoms with Gasteiger partial charge in [-0.05, 0) is 32.1 Å². The summed E-state index contributed by atoms with van der Waals surface area (Å²) in [6.45, 7) is 2.26. The molecule has 0 aromatic carbocycles. The van der Waals surface area contributed by atoms with Gasteiger partial charge in [0, 0.05) is 5.75 Å². The molecule has 0 aliphatic rings. The van der Waals surface area contributed by atoms with E-state index in [9.17, 15) is 4.21 Å². The molecule has 0 bridgehead atoms. The minimum Gasteiger partial charge on any atom is -0.306 e. The number of unbranched alkanes of at least 4 members (excludes halogenated alkanes) is 12. The van der Waals surface area contributed by atoms with Gasteiger partial charge in [0.1, 0.15) is 0 Å². The van der Waals surface area contributed by atoms with Crippen LogP contribution in [0.4, 0.5) is 0 Å². The summed E-state index contributed by atoms with van der Waals surface area (Å²) >= 11 is -1.59. The Labute approximate surface area is 135 Å². The summed E-state index contributed by atoms with van der Waals surface area (Å²) in [4.78, 5) is 0. The highest BCUT2D eigenvalue weighted by Gasteiger charge is 1.94. The maximum atomic E-state index is 10.5. The van der Waals surface area contributed by atoms with Crippen molar-refractivity contribution in [3.63, 3.8) is 0 Å². The molecule has 126 valence electrons. The second-order valence-electron chi connectivity index (χ2n) is 5.96. The third kappa shape index (κ3) is 19.9. The van der Waals surface area contributed by atoms with Gasteiger partial charge in [-0.1, -0.05) is 76.9 Å². The van der Waals surface area contributed by atoms with Crippen molar-refractivity contribution >= 4 is 11.1 Å². The second-order valence-corrected chi connectivity index (χ2v) is 7.01. The SMILES string of the molecule is CCCCCCCC/C=C\CCCCCCCCS(=O)O. The minimum absolute atomic E-state index is 0.446. The van der Waals surface area contributed by atoms with E-state index in [4.69, 9.17) is 4.55 Å². The molecule has 1 atom stereocenters. The third-order valence-electron chi connectivity index (χ3n) is 3.83. The van der Waals surface area contributed by atoms with E-state index in [1.54, 1.807) is 0 Å². The van der Waals surface area contributed by atoms with Crippen LogP contribution in [0.25, 0.3) is 0 Å². The highest BCUT2D eigenvalue weighted by molar-refractivity contribution is 7.79. The fourth-order valence-electron chi connectivity index (χ4n) is 2.47. The molecule has 0 radical (unpaired) electrons. The van der Waals surface area contributed by atoms with Gasteiger partial charge >= 0.3 is 0 Å². The van der Waals surface area contributed by atoms with Crippen LogP contribution in [0.3, 0.4) is 0 Å². The summed E-state index contributed by atoms with van der Waals surface area (Å²) in [6, 6.07) is 0. The average Bonchev–Trinajstić information content (AvgIpc) is 2.46. The summed E-state index contributed by atoms with van der Waals surface area (Å²) < 4.78 is 19.1. The predicted molar refractivity (Wildman–Crippen MR) is 95.1 cm³/mol. The molecule has 0 saturated carbocycles. The summed E-state index contributed by atoms with van der Waals surface area (Å²) in [5, 5.41) is 0. The Hall–Kier alpha value is -0.150. The van der Waals surface area contributed by atoms with Crippen molar-refractivity contribution in [2.24, 2.45) is 0 Å². The molecule has 21 heavy (non-hydrogen) atoms. The van der Waals surface area contributed by atoms with Crippen LogP contribution in [0, 0.1) is 0 Å². The zero-order valence-electron chi connectivity index (χ0n) is 14.0. The van der Waals surface area contributed by atoms with Crippen LogP contribution in [0.2, 0.25) is 0 Å². The largest absolute Gasteiger partial charge is 0.306 e. The van der Waals surface area contributed by atoms with Crippen molar-refractivity contribution in [1.29, 1.82) is 0 Å². The van der Waals surface area contributed by atoms with Crippen LogP contribution in [0.5, 0.6) is 0 Å². The average molecular weight is 317 g/mol. The van der Waals surface area contributed by atoms with Crippen LogP contribution in [0.15, 0.2) is 12.2 Å². The molecule has 2 nitrogen and oxygen atoms in total. The number of hydrogen-bond acceptors (Lipinski definition) is 1. The Kier molecular flexibility index (Phi) is 17.8. The lowest BCUT2D eigenvalue weighted by molar-refractivity contribution is 0.555. The van der Waals surface area contributed by atoms with E-state index >= 15 is 0 Å². The van der Waals surface area contributed by atoms with Gasteiger partial charge in [-0.15, -0.1) is 0 Å². The zero-order valence-corrected chi connectivity index (χ0v) is 14.8. The molecule has 0 saturated heterocycles. The van der Waals surface area contributed by atoms with Gasteiger partial charge in [0.05, 0.1) is 0 Å². The maximum Gasteiger partial charge on any atom is 0.152 e. The number of rotatable bonds is 16. The van der Waals surface area contributed by atoms with Crippen LogP contribution in [-0.2, 0) is 11.1 Å². The van der Waals surface area contributed by atoms with Gasteiger partial charge in [-0.25, -0.2) is 4.21 Å². The van der Waals surface area contributed by atoms with Crippen molar-refractivity contribution < 1.29 is 8.76 Å². The van der Waals surface area contributed by atoms with Gasteiger partial charge in [-0.3, -0.25) is 0 Å². The molecule has 0 fully saturated rings. The van der Waals surface area contributed by atoms with Crippen LogP contribution >= 0.6 is 0 Å².